The van der Waals surface area contributed by atoms with Gasteiger partial charge in [0.25, 0.3) is 0 Å². The summed E-state index contributed by atoms with van der Waals surface area (Å²) in [6, 6.07) is 0.0477. The fourth-order valence-electron chi connectivity index (χ4n) is 12.2. The van der Waals surface area contributed by atoms with Crippen LogP contribution in [0, 0.1) is 44.8 Å². The zero-order valence-corrected chi connectivity index (χ0v) is 29.6. The number of carbonyl (C=O) groups excluding carboxylic acids is 2. The maximum atomic E-state index is 13.1. The maximum Gasteiger partial charge on any atom is 0.410 e. The average Bonchev–Trinajstić information content (AvgIpc) is 3.45. The summed E-state index contributed by atoms with van der Waals surface area (Å²) in [5.74, 6) is 1.16. The molecule has 0 radical (unpaired) electrons. The molecule has 0 aromatic rings. The number of aliphatic hydroxyl groups excluding tert-OH is 1. The third-order valence-electron chi connectivity index (χ3n) is 14.1. The Morgan fingerprint density at radius 2 is 1.33 bits per heavy atom. The van der Waals surface area contributed by atoms with Crippen LogP contribution in [0.4, 0.5) is 9.59 Å². The number of aliphatic hydroxyl groups is 1. The van der Waals surface area contributed by atoms with Gasteiger partial charge in [0.15, 0.2) is 0 Å². The maximum absolute atomic E-state index is 13.1. The fourth-order valence-corrected chi connectivity index (χ4v) is 12.2. The Bertz CT molecular complexity index is 1140. The lowest BCUT2D eigenvalue weighted by atomic mass is 9.41. The molecule has 5 saturated carbocycles. The van der Waals surface area contributed by atoms with E-state index in [1.54, 1.807) is 4.90 Å². The highest BCUT2D eigenvalue weighted by molar-refractivity contribution is 5.68. The van der Waals surface area contributed by atoms with Crippen molar-refractivity contribution in [3.8, 4) is 0 Å². The number of ether oxygens (including phenoxy) is 2. The van der Waals surface area contributed by atoms with Crippen molar-refractivity contribution in [3.63, 3.8) is 0 Å². The summed E-state index contributed by atoms with van der Waals surface area (Å²) < 4.78 is 11.5. The van der Waals surface area contributed by atoms with Crippen LogP contribution in [-0.4, -0.2) is 70.6 Å². The summed E-state index contributed by atoms with van der Waals surface area (Å²) in [6.07, 6.45) is 7.98. The predicted octanol–water partition coefficient (Wildman–Crippen LogP) is 7.89. The summed E-state index contributed by atoms with van der Waals surface area (Å²) in [6.45, 7) is 23.4. The van der Waals surface area contributed by atoms with Crippen molar-refractivity contribution in [1.82, 2.24) is 9.80 Å². The van der Waals surface area contributed by atoms with Crippen LogP contribution in [0.5, 0.6) is 0 Å². The molecule has 43 heavy (non-hydrogen) atoms. The molecule has 5 fully saturated rings. The van der Waals surface area contributed by atoms with Gasteiger partial charge in [0, 0.05) is 32.1 Å². The number of nitrogens with zero attached hydrogens (tertiary/aromatic N) is 2. The lowest BCUT2D eigenvalue weighted by Gasteiger charge is -2.64. The molecule has 1 N–H and O–H groups in total. The minimum atomic E-state index is -0.553. The molecule has 246 valence electrons. The van der Waals surface area contributed by atoms with E-state index in [9.17, 15) is 14.7 Å². The van der Waals surface area contributed by atoms with Crippen LogP contribution in [-0.2, 0) is 9.47 Å². The molecule has 0 heterocycles. The first-order valence-corrected chi connectivity index (χ1v) is 17.1. The molecule has 5 aliphatic rings. The molecule has 7 nitrogen and oxygen atoms in total. The molecular weight excluding hydrogens is 540 g/mol. The van der Waals surface area contributed by atoms with E-state index in [0.717, 1.165) is 19.3 Å². The van der Waals surface area contributed by atoms with Crippen molar-refractivity contribution >= 4 is 12.2 Å². The Morgan fingerprint density at radius 1 is 0.791 bits per heavy atom. The monoisotopic (exact) mass is 602 g/mol. The second-order valence-corrected chi connectivity index (χ2v) is 18.6. The minimum absolute atomic E-state index is 0.00238. The van der Waals surface area contributed by atoms with Crippen molar-refractivity contribution in [2.45, 2.75) is 157 Å². The van der Waals surface area contributed by atoms with E-state index in [-0.39, 0.29) is 46.4 Å². The van der Waals surface area contributed by atoms with Gasteiger partial charge in [-0.2, -0.15) is 0 Å². The number of rotatable bonds is 3. The second-order valence-electron chi connectivity index (χ2n) is 18.6. The van der Waals surface area contributed by atoms with Gasteiger partial charge in [-0.05, 0) is 139 Å². The molecule has 5 aliphatic carbocycles. The van der Waals surface area contributed by atoms with Crippen molar-refractivity contribution in [1.29, 1.82) is 0 Å². The quantitative estimate of drug-likeness (QED) is 0.355. The molecule has 7 heteroatoms. The van der Waals surface area contributed by atoms with Gasteiger partial charge in [-0.3, -0.25) is 0 Å². The zero-order chi connectivity index (χ0) is 32.3. The highest BCUT2D eigenvalue weighted by atomic mass is 16.6. The van der Waals surface area contributed by atoms with Crippen molar-refractivity contribution in [2.75, 3.05) is 14.1 Å². The van der Waals surface area contributed by atoms with Crippen LogP contribution in [0.25, 0.3) is 0 Å². The fraction of sp³-hybridized carbons (Fsp3) is 0.944. The standard InChI is InChI=1S/C36H62N2O5/c1-22(37(12)28(40)42-30(2,3)4)27-23(39)20-34(11)25-15-14-24-32(8,9)26(38(13)29(41)43-31(5,6)7)16-17-35(24)21-36(25,35)19-18-33(27,34)10/h22-27,39H,14-21H2,1-13H3/t22-,23+,24-,25-,26-,27-,33+,34-,35+,36-/m0/s1. The molecule has 0 aromatic heterocycles. The summed E-state index contributed by atoms with van der Waals surface area (Å²) in [4.78, 5) is 29.9. The van der Waals surface area contributed by atoms with Crippen LogP contribution in [0.3, 0.4) is 0 Å². The molecule has 5 rings (SSSR count). The topological polar surface area (TPSA) is 79.3 Å². The van der Waals surface area contributed by atoms with Gasteiger partial charge in [0.05, 0.1) is 6.10 Å². The van der Waals surface area contributed by atoms with Gasteiger partial charge >= 0.3 is 12.2 Å². The van der Waals surface area contributed by atoms with Gasteiger partial charge in [0.1, 0.15) is 11.2 Å². The first-order valence-electron chi connectivity index (χ1n) is 17.1. The number of amides is 2. The number of hydrogen-bond donors (Lipinski definition) is 1. The van der Waals surface area contributed by atoms with Crippen LogP contribution in [0.1, 0.15) is 128 Å². The Morgan fingerprint density at radius 3 is 1.91 bits per heavy atom. The summed E-state index contributed by atoms with van der Waals surface area (Å²) in [7, 11) is 3.78. The Kier molecular flexibility index (Phi) is 7.46. The first-order chi connectivity index (χ1) is 19.5. The average molecular weight is 603 g/mol. The molecular formula is C36H62N2O5. The Balaban J connectivity index is 1.39. The molecule has 0 aliphatic heterocycles. The molecule has 0 bridgehead atoms. The molecule has 2 amide bonds. The number of carbonyl (C=O) groups is 2. The van der Waals surface area contributed by atoms with Crippen molar-refractivity contribution in [3.05, 3.63) is 0 Å². The van der Waals surface area contributed by atoms with E-state index in [1.807, 2.05) is 60.5 Å². The lowest BCUT2D eigenvalue weighted by Crippen LogP contribution is -2.61. The highest BCUT2D eigenvalue weighted by Gasteiger charge is 2.83. The second kappa shape index (κ2) is 9.75. The third-order valence-corrected chi connectivity index (χ3v) is 14.1. The molecule has 0 saturated heterocycles. The van der Waals surface area contributed by atoms with E-state index in [1.165, 1.54) is 32.1 Å². The van der Waals surface area contributed by atoms with E-state index in [4.69, 9.17) is 9.47 Å². The van der Waals surface area contributed by atoms with Crippen LogP contribution in [0.2, 0.25) is 0 Å². The molecule has 2 spiro atoms. The smallest absolute Gasteiger partial charge is 0.410 e. The van der Waals surface area contributed by atoms with Crippen molar-refractivity contribution < 1.29 is 24.2 Å². The summed E-state index contributed by atoms with van der Waals surface area (Å²) >= 11 is 0. The van der Waals surface area contributed by atoms with E-state index < -0.39 is 17.3 Å². The Hall–Kier alpha value is -1.50. The minimum Gasteiger partial charge on any atom is -0.444 e. The van der Waals surface area contributed by atoms with Gasteiger partial charge in [0.2, 0.25) is 0 Å². The van der Waals surface area contributed by atoms with E-state index >= 15 is 0 Å². The highest BCUT2D eigenvalue weighted by Crippen LogP contribution is 2.89. The first kappa shape index (κ1) is 32.9. The summed E-state index contributed by atoms with van der Waals surface area (Å²) in [5, 5.41) is 11.8. The van der Waals surface area contributed by atoms with Crippen molar-refractivity contribution in [2.24, 2.45) is 44.8 Å². The molecule has 0 aromatic carbocycles. The Labute approximate surface area is 261 Å². The van der Waals surface area contributed by atoms with Gasteiger partial charge in [-0.1, -0.05) is 27.7 Å². The lowest BCUT2D eigenvalue weighted by molar-refractivity contribution is -0.153. The predicted molar refractivity (Wildman–Crippen MR) is 170 cm³/mol. The largest absolute Gasteiger partial charge is 0.444 e. The molecule has 0 unspecified atom stereocenters. The zero-order valence-electron chi connectivity index (χ0n) is 29.6. The third kappa shape index (κ3) is 4.66. The SMILES string of the molecule is C[C@@H]([C@H]1[C@H](O)C[C@@]2(C)[C@@H]3CC[C@H]4C(C)(C)[C@@H](N(C)C(=O)OC(C)(C)C)CC[C@@]45C[C@@]35CC[C@]12C)N(C)C(=O)OC(C)(C)C. The number of hydrogen-bond acceptors (Lipinski definition) is 5. The van der Waals surface area contributed by atoms with Crippen LogP contribution in [0.15, 0.2) is 0 Å². The van der Waals surface area contributed by atoms with Gasteiger partial charge in [-0.25, -0.2) is 9.59 Å². The van der Waals surface area contributed by atoms with E-state index in [0.29, 0.717) is 22.7 Å². The van der Waals surface area contributed by atoms with Crippen LogP contribution >= 0.6 is 0 Å². The van der Waals surface area contributed by atoms with E-state index in [2.05, 4.69) is 34.6 Å². The normalized spacial score (nSPS) is 43.7. The van der Waals surface area contributed by atoms with Gasteiger partial charge < -0.3 is 24.4 Å². The summed E-state index contributed by atoms with van der Waals surface area (Å²) in [5.41, 5.74) is -0.440. The van der Waals surface area contributed by atoms with Crippen LogP contribution < -0.4 is 0 Å². The van der Waals surface area contributed by atoms with Gasteiger partial charge in [-0.15, -0.1) is 0 Å². The number of fused-ring (bicyclic) bond motifs is 2. The molecule has 10 atom stereocenters.